The summed E-state index contributed by atoms with van der Waals surface area (Å²) in [4.78, 5) is 36.5. The zero-order valence-electron chi connectivity index (χ0n) is 24.1. The Balaban J connectivity index is 3.70. The number of methoxy groups -OCH3 is 1. The Morgan fingerprint density at radius 2 is 1.13 bits per heavy atom. The van der Waals surface area contributed by atoms with Crippen LogP contribution in [0.4, 0.5) is 0 Å². The van der Waals surface area contributed by atoms with Crippen molar-refractivity contribution >= 4 is 17.8 Å². The van der Waals surface area contributed by atoms with Gasteiger partial charge in [0.2, 0.25) is 11.8 Å². The van der Waals surface area contributed by atoms with Gasteiger partial charge in [0.1, 0.15) is 0 Å². The van der Waals surface area contributed by atoms with Crippen LogP contribution < -0.4 is 10.6 Å². The highest BCUT2D eigenvalue weighted by Gasteiger charge is 2.03. The second-order valence-corrected chi connectivity index (χ2v) is 8.75. The van der Waals surface area contributed by atoms with E-state index >= 15 is 0 Å². The summed E-state index contributed by atoms with van der Waals surface area (Å²) >= 11 is 0. The molecule has 0 aliphatic heterocycles. The molecule has 0 aromatic heterocycles. The summed E-state index contributed by atoms with van der Waals surface area (Å²) in [5.74, 6) is -0.889. The Hall–Kier alpha value is -3.45. The molecule has 0 aromatic carbocycles. The number of carbonyl (C=O) groups excluding carboxylic acids is 3. The van der Waals surface area contributed by atoms with Crippen LogP contribution in [0.15, 0.2) is 85.1 Å². The van der Waals surface area contributed by atoms with Crippen molar-refractivity contribution in [2.24, 2.45) is 0 Å². The molecule has 0 bridgehead atoms. The SMILES string of the molecule is CC/C=C\C/C=C\C/C=C\C/C=C\C/C=C\C/C=C\CCC(=O)NCCN(C)CCNC(=O)/C=C/C(=O)OC. The second-order valence-electron chi connectivity index (χ2n) is 8.75. The Bertz CT molecular complexity index is 867. The predicted octanol–water partition coefficient (Wildman–Crippen LogP) is 5.36. The van der Waals surface area contributed by atoms with E-state index in [9.17, 15) is 14.4 Å². The maximum atomic E-state index is 12.0. The first-order chi connectivity index (χ1) is 19.0. The van der Waals surface area contributed by atoms with Crippen LogP contribution in [0.1, 0.15) is 58.3 Å². The van der Waals surface area contributed by atoms with Crippen LogP contribution in [0.3, 0.4) is 0 Å². The highest BCUT2D eigenvalue weighted by Crippen LogP contribution is 1.98. The molecule has 7 nitrogen and oxygen atoms in total. The Kier molecular flexibility index (Phi) is 25.1. The van der Waals surface area contributed by atoms with Crippen LogP contribution in [0.25, 0.3) is 0 Å². The van der Waals surface area contributed by atoms with E-state index in [1.165, 1.54) is 7.11 Å². The number of nitrogens with zero attached hydrogens (tertiary/aromatic N) is 1. The third-order valence-electron chi connectivity index (χ3n) is 5.32. The van der Waals surface area contributed by atoms with Gasteiger partial charge in [-0.15, -0.1) is 0 Å². The van der Waals surface area contributed by atoms with Gasteiger partial charge in [-0.25, -0.2) is 4.79 Å². The van der Waals surface area contributed by atoms with Crippen molar-refractivity contribution in [2.75, 3.05) is 40.3 Å². The summed E-state index contributed by atoms with van der Waals surface area (Å²) in [5, 5.41) is 5.60. The molecule has 0 rings (SSSR count). The molecule has 0 spiro atoms. The fraction of sp³-hybridized carbons (Fsp3) is 0.469. The van der Waals surface area contributed by atoms with Crippen molar-refractivity contribution in [1.29, 1.82) is 0 Å². The maximum absolute atomic E-state index is 12.0. The monoisotopic (exact) mass is 539 g/mol. The van der Waals surface area contributed by atoms with E-state index in [0.717, 1.165) is 57.1 Å². The normalized spacial score (nSPS) is 12.5. The molecule has 0 saturated heterocycles. The lowest BCUT2D eigenvalue weighted by molar-refractivity contribution is -0.135. The van der Waals surface area contributed by atoms with Crippen molar-refractivity contribution < 1.29 is 19.1 Å². The fourth-order valence-electron chi connectivity index (χ4n) is 3.08. The quantitative estimate of drug-likeness (QED) is 0.110. The topological polar surface area (TPSA) is 87.7 Å². The van der Waals surface area contributed by atoms with Gasteiger partial charge in [-0.3, -0.25) is 9.59 Å². The number of rotatable bonds is 22. The molecule has 0 aliphatic carbocycles. The molecular weight excluding hydrogens is 490 g/mol. The van der Waals surface area contributed by atoms with E-state index in [4.69, 9.17) is 0 Å². The Labute approximate surface area is 236 Å². The van der Waals surface area contributed by atoms with Crippen LogP contribution in [0.5, 0.6) is 0 Å². The largest absolute Gasteiger partial charge is 0.466 e. The van der Waals surface area contributed by atoms with Gasteiger partial charge in [-0.1, -0.05) is 79.8 Å². The van der Waals surface area contributed by atoms with Crippen LogP contribution >= 0.6 is 0 Å². The summed E-state index contributed by atoms with van der Waals surface area (Å²) in [6.45, 7) is 4.45. The molecule has 0 unspecified atom stereocenters. The molecular formula is C32H49N3O4. The number of nitrogens with one attached hydrogen (secondary N) is 2. The zero-order chi connectivity index (χ0) is 28.8. The van der Waals surface area contributed by atoms with E-state index in [-0.39, 0.29) is 11.8 Å². The van der Waals surface area contributed by atoms with Gasteiger partial charge < -0.3 is 20.3 Å². The Morgan fingerprint density at radius 3 is 1.62 bits per heavy atom. The van der Waals surface area contributed by atoms with Crippen LogP contribution in [-0.2, 0) is 19.1 Å². The van der Waals surface area contributed by atoms with Crippen LogP contribution in [0.2, 0.25) is 0 Å². The molecule has 39 heavy (non-hydrogen) atoms. The first-order valence-electron chi connectivity index (χ1n) is 13.9. The van der Waals surface area contributed by atoms with Gasteiger partial charge in [0.15, 0.2) is 0 Å². The minimum atomic E-state index is -0.571. The molecule has 0 aliphatic rings. The molecule has 0 fully saturated rings. The second kappa shape index (κ2) is 27.6. The number of amides is 2. The number of likely N-dealkylation sites (N-methyl/N-ethyl adjacent to an activating group) is 1. The van der Waals surface area contributed by atoms with Crippen LogP contribution in [-0.4, -0.2) is 63.0 Å². The van der Waals surface area contributed by atoms with E-state index in [2.05, 4.69) is 89.1 Å². The molecule has 7 heteroatoms. The molecule has 0 radical (unpaired) electrons. The van der Waals surface area contributed by atoms with Crippen molar-refractivity contribution in [3.8, 4) is 0 Å². The first-order valence-corrected chi connectivity index (χ1v) is 13.9. The third-order valence-corrected chi connectivity index (χ3v) is 5.32. The highest BCUT2D eigenvalue weighted by atomic mass is 16.5. The smallest absolute Gasteiger partial charge is 0.330 e. The van der Waals surface area contributed by atoms with Gasteiger partial charge >= 0.3 is 5.97 Å². The zero-order valence-corrected chi connectivity index (χ0v) is 24.1. The fourth-order valence-corrected chi connectivity index (χ4v) is 3.08. The van der Waals surface area contributed by atoms with Gasteiger partial charge in [0, 0.05) is 44.8 Å². The van der Waals surface area contributed by atoms with E-state index < -0.39 is 5.97 Å². The maximum Gasteiger partial charge on any atom is 0.330 e. The summed E-state index contributed by atoms with van der Waals surface area (Å²) < 4.78 is 4.43. The molecule has 2 N–H and O–H groups in total. The van der Waals surface area contributed by atoms with Gasteiger partial charge in [0.05, 0.1) is 7.11 Å². The molecule has 0 saturated carbocycles. The van der Waals surface area contributed by atoms with Gasteiger partial charge in [-0.2, -0.15) is 0 Å². The number of esters is 1. The van der Waals surface area contributed by atoms with Crippen molar-refractivity contribution in [2.45, 2.75) is 58.3 Å². The van der Waals surface area contributed by atoms with E-state index in [1.807, 2.05) is 18.0 Å². The Morgan fingerprint density at radius 1 is 0.667 bits per heavy atom. The molecule has 0 aromatic rings. The lowest BCUT2D eigenvalue weighted by Crippen LogP contribution is -2.37. The standard InChI is InChI=1S/C32H49N3O4/c1-4-5-6-7-8-9-10-11-12-13-14-15-16-17-18-19-20-21-22-23-30(36)33-26-28-35(2)29-27-34-31(37)24-25-32(38)39-3/h5-6,8-9,11-12,14-15,17-18,20-21,24-25H,4,7,10,13,16,19,22-23,26-29H2,1-3H3,(H,33,36)(H,34,37)/b6-5-,9-8-,12-11-,15-14-,18-17-,21-20-,25-24+. The molecule has 0 heterocycles. The van der Waals surface area contributed by atoms with Crippen molar-refractivity contribution in [1.82, 2.24) is 15.5 Å². The average molecular weight is 540 g/mol. The predicted molar refractivity (Wildman–Crippen MR) is 162 cm³/mol. The van der Waals surface area contributed by atoms with E-state index in [0.29, 0.717) is 32.6 Å². The lowest BCUT2D eigenvalue weighted by atomic mass is 10.2. The summed E-state index contributed by atoms with van der Waals surface area (Å²) in [6.07, 6.45) is 35.3. The number of allylic oxidation sites excluding steroid dienone is 12. The highest BCUT2D eigenvalue weighted by molar-refractivity contribution is 5.94. The minimum Gasteiger partial charge on any atom is -0.466 e. The number of carbonyl (C=O) groups is 3. The summed E-state index contributed by atoms with van der Waals surface area (Å²) in [6, 6.07) is 0. The third kappa shape index (κ3) is 27.4. The van der Waals surface area contributed by atoms with Crippen molar-refractivity contribution in [3.63, 3.8) is 0 Å². The molecule has 0 atom stereocenters. The molecule has 2 amide bonds. The number of ether oxygens (including phenoxy) is 1. The van der Waals surface area contributed by atoms with Crippen molar-refractivity contribution in [3.05, 3.63) is 85.1 Å². The molecule has 216 valence electrons. The summed E-state index contributed by atoms with van der Waals surface area (Å²) in [7, 11) is 3.17. The van der Waals surface area contributed by atoms with E-state index in [1.54, 1.807) is 0 Å². The van der Waals surface area contributed by atoms with Gasteiger partial charge in [0.25, 0.3) is 0 Å². The summed E-state index contributed by atoms with van der Waals surface area (Å²) in [5.41, 5.74) is 0. The number of hydrogen-bond acceptors (Lipinski definition) is 5. The number of hydrogen-bond donors (Lipinski definition) is 2. The lowest BCUT2D eigenvalue weighted by Gasteiger charge is -2.16. The minimum absolute atomic E-state index is 0.0316. The van der Waals surface area contributed by atoms with Gasteiger partial charge in [-0.05, 0) is 52.0 Å². The average Bonchev–Trinajstić information content (AvgIpc) is 2.92. The first kappa shape index (κ1) is 35.5. The van der Waals surface area contributed by atoms with Crippen LogP contribution in [0, 0.1) is 0 Å².